The van der Waals surface area contributed by atoms with Crippen LogP contribution in [0, 0.1) is 5.92 Å². The summed E-state index contributed by atoms with van der Waals surface area (Å²) >= 11 is 0. The number of hydrogen-bond donors (Lipinski definition) is 3. The summed E-state index contributed by atoms with van der Waals surface area (Å²) in [6, 6.07) is 0. The molecule has 0 rings (SSSR count). The monoisotopic (exact) mass is 291 g/mol. The minimum atomic E-state index is -0.536. The van der Waals surface area contributed by atoms with Crippen LogP contribution in [-0.4, -0.2) is 62.4 Å². The Balaban J connectivity index is 3.54. The minimum absolute atomic E-state index is 0.301. The van der Waals surface area contributed by atoms with Crippen molar-refractivity contribution < 1.29 is 19.7 Å². The van der Waals surface area contributed by atoms with E-state index in [0.717, 1.165) is 13.0 Å². The average molecular weight is 291 g/mol. The van der Waals surface area contributed by atoms with E-state index in [-0.39, 0.29) is 0 Å². The van der Waals surface area contributed by atoms with Gasteiger partial charge in [0.05, 0.1) is 25.4 Å². The van der Waals surface area contributed by atoms with Crippen LogP contribution >= 0.6 is 0 Å². The molecule has 3 N–H and O–H groups in total. The highest BCUT2D eigenvalue weighted by atomic mass is 16.5. The maximum Gasteiger partial charge on any atom is 0.0897 e. The van der Waals surface area contributed by atoms with E-state index in [1.165, 1.54) is 19.3 Å². The smallest absolute Gasteiger partial charge is 0.0897 e. The highest BCUT2D eigenvalue weighted by Crippen LogP contribution is 2.12. The lowest BCUT2D eigenvalue weighted by Gasteiger charge is -2.17. The SMILES string of the molecule is CCCCC(CC)COCC(O)CNCC(O)COC. The molecule has 122 valence electrons. The quantitative estimate of drug-likeness (QED) is 0.448. The zero-order valence-corrected chi connectivity index (χ0v) is 13.3. The van der Waals surface area contributed by atoms with Crippen molar-refractivity contribution in [2.24, 2.45) is 5.92 Å². The molecule has 3 unspecified atom stereocenters. The number of aliphatic hydroxyl groups is 2. The summed E-state index contributed by atoms with van der Waals surface area (Å²) in [7, 11) is 1.55. The molecule has 0 aliphatic carbocycles. The Morgan fingerprint density at radius 1 is 1.00 bits per heavy atom. The molecule has 5 nitrogen and oxygen atoms in total. The Morgan fingerprint density at radius 3 is 2.20 bits per heavy atom. The summed E-state index contributed by atoms with van der Waals surface area (Å²) < 4.78 is 10.4. The van der Waals surface area contributed by atoms with E-state index in [1.54, 1.807) is 7.11 Å². The first-order chi connectivity index (χ1) is 9.63. The summed E-state index contributed by atoms with van der Waals surface area (Å²) in [5.74, 6) is 0.596. The van der Waals surface area contributed by atoms with Crippen LogP contribution in [-0.2, 0) is 9.47 Å². The second-order valence-corrected chi connectivity index (χ2v) is 5.38. The standard InChI is InChI=1S/C15H33NO4/c1-4-6-7-13(5-2)10-20-12-15(18)9-16-8-14(17)11-19-3/h13-18H,4-12H2,1-3H3. The number of nitrogens with one attached hydrogen (secondary N) is 1. The fourth-order valence-electron chi connectivity index (χ4n) is 2.00. The van der Waals surface area contributed by atoms with E-state index in [1.807, 2.05) is 0 Å². The molecule has 0 aliphatic heterocycles. The lowest BCUT2D eigenvalue weighted by Crippen LogP contribution is -2.37. The molecule has 0 aromatic heterocycles. The van der Waals surface area contributed by atoms with Gasteiger partial charge in [-0.15, -0.1) is 0 Å². The highest BCUT2D eigenvalue weighted by Gasteiger charge is 2.09. The molecule has 0 saturated carbocycles. The number of ether oxygens (including phenoxy) is 2. The van der Waals surface area contributed by atoms with Gasteiger partial charge in [0.2, 0.25) is 0 Å². The zero-order chi connectivity index (χ0) is 15.2. The molecule has 0 heterocycles. The van der Waals surface area contributed by atoms with Crippen molar-refractivity contribution in [1.29, 1.82) is 0 Å². The van der Waals surface area contributed by atoms with Crippen LogP contribution < -0.4 is 5.32 Å². The number of aliphatic hydroxyl groups excluding tert-OH is 2. The number of rotatable bonds is 14. The number of unbranched alkanes of at least 4 members (excludes halogenated alkanes) is 1. The third-order valence-electron chi connectivity index (χ3n) is 3.33. The van der Waals surface area contributed by atoms with Crippen LogP contribution in [0.2, 0.25) is 0 Å². The topological polar surface area (TPSA) is 71.0 Å². The highest BCUT2D eigenvalue weighted by molar-refractivity contribution is 4.63. The Bertz CT molecular complexity index is 204. The van der Waals surface area contributed by atoms with Gasteiger partial charge in [0, 0.05) is 26.8 Å². The Kier molecular flexibility index (Phi) is 13.6. The van der Waals surface area contributed by atoms with Gasteiger partial charge in [0.25, 0.3) is 0 Å². The predicted molar refractivity (Wildman–Crippen MR) is 80.9 cm³/mol. The fraction of sp³-hybridized carbons (Fsp3) is 1.00. The predicted octanol–water partition coefficient (Wildman–Crippen LogP) is 1.18. The molecule has 0 aliphatic rings. The van der Waals surface area contributed by atoms with Crippen molar-refractivity contribution in [1.82, 2.24) is 5.32 Å². The Labute approximate surface area is 123 Å². The van der Waals surface area contributed by atoms with Gasteiger partial charge < -0.3 is 25.0 Å². The molecule has 0 radical (unpaired) electrons. The molecule has 20 heavy (non-hydrogen) atoms. The first kappa shape index (κ1) is 19.8. The molecule has 0 spiro atoms. The number of methoxy groups -OCH3 is 1. The third-order valence-corrected chi connectivity index (χ3v) is 3.33. The van der Waals surface area contributed by atoms with Gasteiger partial charge in [0.15, 0.2) is 0 Å². The van der Waals surface area contributed by atoms with Crippen molar-refractivity contribution in [2.45, 2.75) is 51.7 Å². The molecule has 0 fully saturated rings. The second kappa shape index (κ2) is 13.8. The fourth-order valence-corrected chi connectivity index (χ4v) is 2.00. The first-order valence-electron chi connectivity index (χ1n) is 7.77. The molecular formula is C15H33NO4. The van der Waals surface area contributed by atoms with E-state index in [9.17, 15) is 10.2 Å². The van der Waals surface area contributed by atoms with Crippen LogP contribution in [0.1, 0.15) is 39.5 Å². The lowest BCUT2D eigenvalue weighted by atomic mass is 10.0. The van der Waals surface area contributed by atoms with Crippen LogP contribution in [0.15, 0.2) is 0 Å². The minimum Gasteiger partial charge on any atom is -0.389 e. The summed E-state index contributed by atoms with van der Waals surface area (Å²) in [5.41, 5.74) is 0. The van der Waals surface area contributed by atoms with Gasteiger partial charge in [-0.2, -0.15) is 0 Å². The summed E-state index contributed by atoms with van der Waals surface area (Å²) in [6.45, 7) is 6.58. The Morgan fingerprint density at radius 2 is 1.65 bits per heavy atom. The third kappa shape index (κ3) is 11.6. The van der Waals surface area contributed by atoms with Crippen molar-refractivity contribution >= 4 is 0 Å². The molecule has 0 aromatic rings. The van der Waals surface area contributed by atoms with Crippen molar-refractivity contribution in [3.8, 4) is 0 Å². The second-order valence-electron chi connectivity index (χ2n) is 5.38. The molecular weight excluding hydrogens is 258 g/mol. The largest absolute Gasteiger partial charge is 0.389 e. The van der Waals surface area contributed by atoms with E-state index in [4.69, 9.17) is 9.47 Å². The molecule has 0 bridgehead atoms. The lowest BCUT2D eigenvalue weighted by molar-refractivity contribution is 0.0160. The van der Waals surface area contributed by atoms with Gasteiger partial charge in [-0.3, -0.25) is 0 Å². The molecule has 0 saturated heterocycles. The zero-order valence-electron chi connectivity index (χ0n) is 13.3. The van der Waals surface area contributed by atoms with E-state index in [0.29, 0.717) is 32.2 Å². The van der Waals surface area contributed by atoms with E-state index < -0.39 is 12.2 Å². The van der Waals surface area contributed by atoms with Crippen LogP contribution in [0.3, 0.4) is 0 Å². The van der Waals surface area contributed by atoms with Crippen molar-refractivity contribution in [3.63, 3.8) is 0 Å². The average Bonchev–Trinajstić information content (AvgIpc) is 2.43. The number of hydrogen-bond acceptors (Lipinski definition) is 5. The molecule has 0 amide bonds. The van der Waals surface area contributed by atoms with Crippen molar-refractivity contribution in [3.05, 3.63) is 0 Å². The maximum absolute atomic E-state index is 9.75. The van der Waals surface area contributed by atoms with Gasteiger partial charge in [-0.25, -0.2) is 0 Å². The van der Waals surface area contributed by atoms with E-state index >= 15 is 0 Å². The maximum atomic E-state index is 9.75. The first-order valence-corrected chi connectivity index (χ1v) is 7.77. The summed E-state index contributed by atoms with van der Waals surface area (Å²) in [6.07, 6.45) is 3.71. The Hall–Kier alpha value is -0.200. The molecule has 0 aromatic carbocycles. The molecule has 5 heteroatoms. The van der Waals surface area contributed by atoms with Gasteiger partial charge in [-0.1, -0.05) is 33.1 Å². The van der Waals surface area contributed by atoms with Gasteiger partial charge >= 0.3 is 0 Å². The summed E-state index contributed by atoms with van der Waals surface area (Å²) in [5, 5.41) is 22.2. The van der Waals surface area contributed by atoms with Crippen LogP contribution in [0.25, 0.3) is 0 Å². The normalized spacial score (nSPS) is 16.1. The van der Waals surface area contributed by atoms with Gasteiger partial charge in [-0.05, 0) is 12.3 Å². The van der Waals surface area contributed by atoms with Gasteiger partial charge in [0.1, 0.15) is 0 Å². The molecule has 3 atom stereocenters. The van der Waals surface area contributed by atoms with Crippen LogP contribution in [0.4, 0.5) is 0 Å². The van der Waals surface area contributed by atoms with Crippen LogP contribution in [0.5, 0.6) is 0 Å². The van der Waals surface area contributed by atoms with Crippen molar-refractivity contribution in [2.75, 3.05) is 40.0 Å². The van der Waals surface area contributed by atoms with E-state index in [2.05, 4.69) is 19.2 Å². The summed E-state index contributed by atoms with van der Waals surface area (Å²) in [4.78, 5) is 0.